The van der Waals surface area contributed by atoms with Crippen LogP contribution in [0.1, 0.15) is 30.8 Å². The quantitative estimate of drug-likeness (QED) is 0.860. The minimum absolute atomic E-state index is 0.251. The minimum Gasteiger partial charge on any atom is -0.357 e. The first-order valence-corrected chi connectivity index (χ1v) is 9.88. The van der Waals surface area contributed by atoms with Crippen molar-refractivity contribution in [2.75, 3.05) is 18.0 Å². The summed E-state index contributed by atoms with van der Waals surface area (Å²) in [4.78, 5) is 9.75. The van der Waals surface area contributed by atoms with Gasteiger partial charge in [-0.15, -0.1) is 0 Å². The number of nitrogens with zero attached hydrogens (tertiary/aromatic N) is 3. The summed E-state index contributed by atoms with van der Waals surface area (Å²) in [7, 11) is -4.36. The molecule has 1 saturated heterocycles. The average Bonchev–Trinajstić information content (AvgIpc) is 2.60. The number of aryl methyl sites for hydroxylation is 1. The second kappa shape index (κ2) is 7.63. The van der Waals surface area contributed by atoms with Crippen LogP contribution in [-0.4, -0.2) is 31.5 Å². The van der Waals surface area contributed by atoms with Crippen LogP contribution in [0.2, 0.25) is 0 Å². The standard InChI is InChI=1S/C17H20F2N4O2S/c1-12-10-16(23-8-3-2-4-9-23)22-15(21-12)11-20-26(24,25)17-13(18)6-5-7-14(17)19/h5-7,10,20H,2-4,8-9,11H2,1H3. The lowest BCUT2D eigenvalue weighted by atomic mass is 10.1. The Morgan fingerprint density at radius 2 is 1.77 bits per heavy atom. The van der Waals surface area contributed by atoms with Gasteiger partial charge in [0.15, 0.2) is 4.90 Å². The molecule has 6 nitrogen and oxygen atoms in total. The predicted molar refractivity (Wildman–Crippen MR) is 93.2 cm³/mol. The predicted octanol–water partition coefficient (Wildman–Crippen LogP) is 2.53. The summed E-state index contributed by atoms with van der Waals surface area (Å²) in [6.07, 6.45) is 3.34. The van der Waals surface area contributed by atoms with Gasteiger partial charge in [0, 0.05) is 24.8 Å². The van der Waals surface area contributed by atoms with Crippen LogP contribution in [0.5, 0.6) is 0 Å². The molecule has 1 fully saturated rings. The molecular weight excluding hydrogens is 362 g/mol. The monoisotopic (exact) mass is 382 g/mol. The zero-order chi connectivity index (χ0) is 18.7. The Labute approximate surface area is 151 Å². The van der Waals surface area contributed by atoms with Gasteiger partial charge in [0.2, 0.25) is 10.0 Å². The number of sulfonamides is 1. The third-order valence-corrected chi connectivity index (χ3v) is 5.63. The summed E-state index contributed by atoms with van der Waals surface area (Å²) in [5, 5.41) is 0. The Kier molecular flexibility index (Phi) is 5.47. The number of aromatic nitrogens is 2. The molecule has 1 aliphatic rings. The number of hydrogen-bond acceptors (Lipinski definition) is 5. The van der Waals surface area contributed by atoms with Crippen molar-refractivity contribution in [2.24, 2.45) is 0 Å². The Morgan fingerprint density at radius 3 is 2.42 bits per heavy atom. The third-order valence-electron chi connectivity index (χ3n) is 4.18. The molecule has 2 aromatic rings. The topological polar surface area (TPSA) is 75.2 Å². The highest BCUT2D eigenvalue weighted by Gasteiger charge is 2.24. The van der Waals surface area contributed by atoms with Crippen molar-refractivity contribution in [3.05, 3.63) is 47.4 Å². The first kappa shape index (κ1) is 18.7. The molecule has 0 radical (unpaired) electrons. The van der Waals surface area contributed by atoms with Gasteiger partial charge in [-0.3, -0.25) is 0 Å². The SMILES string of the molecule is Cc1cc(N2CCCCC2)nc(CNS(=O)(=O)c2c(F)cccc2F)n1. The Bertz CT molecular complexity index is 879. The number of piperidine rings is 1. The molecule has 2 heterocycles. The smallest absolute Gasteiger partial charge is 0.246 e. The van der Waals surface area contributed by atoms with Crippen LogP contribution in [-0.2, 0) is 16.6 Å². The average molecular weight is 382 g/mol. The highest BCUT2D eigenvalue weighted by Crippen LogP contribution is 2.20. The molecule has 9 heteroatoms. The molecule has 1 N–H and O–H groups in total. The van der Waals surface area contributed by atoms with Crippen LogP contribution in [0.3, 0.4) is 0 Å². The van der Waals surface area contributed by atoms with Crippen LogP contribution >= 0.6 is 0 Å². The zero-order valence-corrected chi connectivity index (χ0v) is 15.2. The summed E-state index contributed by atoms with van der Waals surface area (Å²) >= 11 is 0. The van der Waals surface area contributed by atoms with E-state index in [4.69, 9.17) is 0 Å². The lowest BCUT2D eigenvalue weighted by Crippen LogP contribution is -2.31. The Morgan fingerprint density at radius 1 is 1.12 bits per heavy atom. The van der Waals surface area contributed by atoms with E-state index < -0.39 is 26.6 Å². The molecule has 0 aliphatic carbocycles. The van der Waals surface area contributed by atoms with Crippen molar-refractivity contribution in [1.82, 2.24) is 14.7 Å². The molecule has 26 heavy (non-hydrogen) atoms. The summed E-state index contributed by atoms with van der Waals surface area (Å²) < 4.78 is 54.2. The van der Waals surface area contributed by atoms with E-state index in [1.807, 2.05) is 6.07 Å². The number of nitrogens with one attached hydrogen (secondary N) is 1. The molecule has 3 rings (SSSR count). The molecule has 0 unspecified atom stereocenters. The van der Waals surface area contributed by atoms with Gasteiger partial charge in [0.25, 0.3) is 0 Å². The van der Waals surface area contributed by atoms with E-state index in [2.05, 4.69) is 19.6 Å². The van der Waals surface area contributed by atoms with E-state index in [1.54, 1.807) is 6.92 Å². The fourth-order valence-electron chi connectivity index (χ4n) is 2.95. The van der Waals surface area contributed by atoms with Gasteiger partial charge in [-0.25, -0.2) is 31.9 Å². The fourth-order valence-corrected chi connectivity index (χ4v) is 4.06. The molecular formula is C17H20F2N4O2S. The van der Waals surface area contributed by atoms with Crippen LogP contribution in [0.4, 0.5) is 14.6 Å². The van der Waals surface area contributed by atoms with E-state index in [9.17, 15) is 17.2 Å². The van der Waals surface area contributed by atoms with Crippen molar-refractivity contribution in [3.63, 3.8) is 0 Å². The number of hydrogen-bond donors (Lipinski definition) is 1. The van der Waals surface area contributed by atoms with Gasteiger partial charge in [-0.1, -0.05) is 6.07 Å². The van der Waals surface area contributed by atoms with Crippen LogP contribution < -0.4 is 9.62 Å². The van der Waals surface area contributed by atoms with Gasteiger partial charge in [0.1, 0.15) is 23.3 Å². The molecule has 0 amide bonds. The number of halogens is 2. The number of benzene rings is 1. The van der Waals surface area contributed by atoms with E-state index in [1.165, 1.54) is 6.42 Å². The zero-order valence-electron chi connectivity index (χ0n) is 14.4. The maximum Gasteiger partial charge on any atom is 0.246 e. The normalized spacial score (nSPS) is 15.3. The summed E-state index contributed by atoms with van der Waals surface area (Å²) in [5.74, 6) is -1.29. The van der Waals surface area contributed by atoms with E-state index >= 15 is 0 Å². The van der Waals surface area contributed by atoms with E-state index in [0.29, 0.717) is 5.69 Å². The number of anilines is 1. The summed E-state index contributed by atoms with van der Waals surface area (Å²) in [5.41, 5.74) is 0.701. The van der Waals surface area contributed by atoms with Crippen LogP contribution in [0.15, 0.2) is 29.2 Å². The summed E-state index contributed by atoms with van der Waals surface area (Å²) in [6, 6.07) is 4.75. The molecule has 140 valence electrons. The minimum atomic E-state index is -4.36. The maximum absolute atomic E-state index is 13.7. The summed E-state index contributed by atoms with van der Waals surface area (Å²) in [6.45, 7) is 3.33. The van der Waals surface area contributed by atoms with Crippen LogP contribution in [0, 0.1) is 18.6 Å². The van der Waals surface area contributed by atoms with Gasteiger partial charge >= 0.3 is 0 Å². The van der Waals surface area contributed by atoms with Crippen LogP contribution in [0.25, 0.3) is 0 Å². The highest BCUT2D eigenvalue weighted by molar-refractivity contribution is 7.89. The molecule has 1 aliphatic heterocycles. The second-order valence-electron chi connectivity index (χ2n) is 6.21. The van der Waals surface area contributed by atoms with Gasteiger partial charge in [-0.05, 0) is 38.3 Å². The second-order valence-corrected chi connectivity index (χ2v) is 7.91. The lowest BCUT2D eigenvalue weighted by molar-refractivity contribution is 0.513. The first-order valence-electron chi connectivity index (χ1n) is 8.40. The van der Waals surface area contributed by atoms with Crippen molar-refractivity contribution in [2.45, 2.75) is 37.6 Å². The van der Waals surface area contributed by atoms with Gasteiger partial charge in [-0.2, -0.15) is 0 Å². The van der Waals surface area contributed by atoms with Gasteiger partial charge < -0.3 is 4.90 Å². The molecule has 0 atom stereocenters. The highest BCUT2D eigenvalue weighted by atomic mass is 32.2. The molecule has 0 bridgehead atoms. The van der Waals surface area contributed by atoms with E-state index in [-0.39, 0.29) is 12.4 Å². The van der Waals surface area contributed by atoms with Crippen molar-refractivity contribution >= 4 is 15.8 Å². The first-order chi connectivity index (χ1) is 12.4. The van der Waals surface area contributed by atoms with Crippen molar-refractivity contribution < 1.29 is 17.2 Å². The molecule has 0 spiro atoms. The van der Waals surface area contributed by atoms with E-state index in [0.717, 1.165) is 49.9 Å². The van der Waals surface area contributed by atoms with Gasteiger partial charge in [0.05, 0.1) is 6.54 Å². The molecule has 0 saturated carbocycles. The van der Waals surface area contributed by atoms with Crippen molar-refractivity contribution in [1.29, 1.82) is 0 Å². The fraction of sp³-hybridized carbons (Fsp3) is 0.412. The lowest BCUT2D eigenvalue weighted by Gasteiger charge is -2.28. The molecule has 1 aromatic heterocycles. The van der Waals surface area contributed by atoms with Crippen molar-refractivity contribution in [3.8, 4) is 0 Å². The molecule has 1 aromatic carbocycles. The third kappa shape index (κ3) is 4.16. The number of rotatable bonds is 5. The Hall–Kier alpha value is -2.13. The maximum atomic E-state index is 13.7. The largest absolute Gasteiger partial charge is 0.357 e. The Balaban J connectivity index is 1.80.